The van der Waals surface area contributed by atoms with Crippen LogP contribution in [0.3, 0.4) is 0 Å². The lowest BCUT2D eigenvalue weighted by atomic mass is 10.1. The van der Waals surface area contributed by atoms with E-state index in [9.17, 15) is 10.0 Å². The first-order valence-electron chi connectivity index (χ1n) is 5.85. The molecule has 0 spiro atoms. The molecule has 0 unspecified atom stereocenters. The molecule has 0 aliphatic rings. The van der Waals surface area contributed by atoms with Gasteiger partial charge in [0.15, 0.2) is 6.20 Å². The van der Waals surface area contributed by atoms with E-state index in [4.69, 9.17) is 4.74 Å². The van der Waals surface area contributed by atoms with E-state index in [1.807, 2.05) is 19.9 Å². The van der Waals surface area contributed by atoms with Gasteiger partial charge in [-0.25, -0.2) is 4.79 Å². The second-order valence-corrected chi connectivity index (χ2v) is 5.33. The highest BCUT2D eigenvalue weighted by Gasteiger charge is 2.18. The molecule has 18 heavy (non-hydrogen) atoms. The summed E-state index contributed by atoms with van der Waals surface area (Å²) >= 11 is 0. The van der Waals surface area contributed by atoms with Crippen LogP contribution in [0.25, 0.3) is 0 Å². The van der Waals surface area contributed by atoms with Crippen LogP contribution < -0.4 is 10.0 Å². The van der Waals surface area contributed by atoms with Crippen LogP contribution in [0.1, 0.15) is 37.6 Å². The molecule has 0 saturated heterocycles. The average Bonchev–Trinajstić information content (AvgIpc) is 2.12. The minimum atomic E-state index is -0.542. The van der Waals surface area contributed by atoms with E-state index >= 15 is 0 Å². The topological polar surface area (TPSA) is 65.3 Å². The van der Waals surface area contributed by atoms with Gasteiger partial charge in [-0.2, -0.15) is 4.73 Å². The van der Waals surface area contributed by atoms with Gasteiger partial charge in [-0.05, 0) is 40.7 Å². The van der Waals surface area contributed by atoms with Gasteiger partial charge in [-0.15, -0.1) is 0 Å². The first kappa shape index (κ1) is 14.3. The van der Waals surface area contributed by atoms with Crippen LogP contribution in [0.15, 0.2) is 12.3 Å². The van der Waals surface area contributed by atoms with Crippen molar-refractivity contribution >= 4 is 6.09 Å². The van der Waals surface area contributed by atoms with Crippen LogP contribution in [0.5, 0.6) is 0 Å². The molecule has 0 saturated carbocycles. The minimum absolute atomic E-state index is 0.157. The third-order valence-corrected chi connectivity index (χ3v) is 2.29. The largest absolute Gasteiger partial charge is 0.618 e. The van der Waals surface area contributed by atoms with Crippen molar-refractivity contribution in [3.8, 4) is 0 Å². The molecule has 1 aromatic rings. The van der Waals surface area contributed by atoms with Crippen molar-refractivity contribution in [3.63, 3.8) is 0 Å². The lowest BCUT2D eigenvalue weighted by molar-refractivity contribution is -0.615. The van der Waals surface area contributed by atoms with E-state index in [-0.39, 0.29) is 6.54 Å². The van der Waals surface area contributed by atoms with E-state index in [1.165, 1.54) is 6.20 Å². The fourth-order valence-electron chi connectivity index (χ4n) is 1.59. The van der Waals surface area contributed by atoms with Crippen molar-refractivity contribution in [1.29, 1.82) is 0 Å². The normalized spacial score (nSPS) is 11.2. The van der Waals surface area contributed by atoms with Gasteiger partial charge in [0.2, 0.25) is 5.69 Å². The predicted octanol–water partition coefficient (Wildman–Crippen LogP) is 1.96. The summed E-state index contributed by atoms with van der Waals surface area (Å²) in [5.74, 6) is 0. The summed E-state index contributed by atoms with van der Waals surface area (Å²) in [6.45, 7) is 9.22. The Balaban J connectivity index is 2.67. The number of carbonyl (C=O) groups is 1. The van der Waals surface area contributed by atoms with Gasteiger partial charge < -0.3 is 15.3 Å². The summed E-state index contributed by atoms with van der Waals surface area (Å²) < 4.78 is 5.88. The number of ether oxygens (including phenoxy) is 1. The van der Waals surface area contributed by atoms with Crippen molar-refractivity contribution in [1.82, 2.24) is 5.32 Å². The van der Waals surface area contributed by atoms with Crippen LogP contribution in [-0.2, 0) is 11.3 Å². The number of alkyl carbamates (subject to hydrolysis) is 1. The van der Waals surface area contributed by atoms with Crippen molar-refractivity contribution in [2.45, 2.75) is 46.8 Å². The third-order valence-electron chi connectivity index (χ3n) is 2.29. The molecule has 1 rings (SSSR count). The fraction of sp³-hybridized carbons (Fsp3) is 0.538. The Morgan fingerprint density at radius 3 is 2.56 bits per heavy atom. The van der Waals surface area contributed by atoms with Gasteiger partial charge in [0, 0.05) is 11.1 Å². The third kappa shape index (κ3) is 4.24. The lowest BCUT2D eigenvalue weighted by Gasteiger charge is -2.19. The van der Waals surface area contributed by atoms with E-state index in [0.29, 0.717) is 5.69 Å². The number of aryl methyl sites for hydroxylation is 2. The van der Waals surface area contributed by atoms with Crippen molar-refractivity contribution in [3.05, 3.63) is 34.3 Å². The fourth-order valence-corrected chi connectivity index (χ4v) is 1.59. The second kappa shape index (κ2) is 5.25. The van der Waals surface area contributed by atoms with Crippen molar-refractivity contribution in [2.75, 3.05) is 0 Å². The number of amides is 1. The molecule has 0 aromatic carbocycles. The average molecular weight is 252 g/mol. The van der Waals surface area contributed by atoms with E-state index in [0.717, 1.165) is 15.9 Å². The SMILES string of the molecule is Cc1cc(C)c(CNC(=O)OC(C)(C)C)[n+]([O-])c1. The number of nitrogens with zero attached hydrogens (tertiary/aromatic N) is 1. The summed E-state index contributed by atoms with van der Waals surface area (Å²) in [5.41, 5.74) is 1.72. The Morgan fingerprint density at radius 2 is 2.06 bits per heavy atom. The molecule has 100 valence electrons. The molecule has 1 heterocycles. The number of pyridine rings is 1. The van der Waals surface area contributed by atoms with E-state index < -0.39 is 11.7 Å². The maximum atomic E-state index is 11.7. The molecule has 1 aromatic heterocycles. The zero-order valence-corrected chi connectivity index (χ0v) is 11.5. The molecule has 0 bridgehead atoms. The van der Waals surface area contributed by atoms with E-state index in [1.54, 1.807) is 20.8 Å². The van der Waals surface area contributed by atoms with Crippen LogP contribution in [0.4, 0.5) is 4.79 Å². The summed E-state index contributed by atoms with van der Waals surface area (Å²) in [4.78, 5) is 11.5. The number of nitrogens with one attached hydrogen (secondary N) is 1. The number of hydrogen-bond acceptors (Lipinski definition) is 3. The van der Waals surface area contributed by atoms with Gasteiger partial charge in [-0.3, -0.25) is 0 Å². The van der Waals surface area contributed by atoms with E-state index in [2.05, 4.69) is 5.32 Å². The maximum Gasteiger partial charge on any atom is 0.408 e. The smallest absolute Gasteiger partial charge is 0.408 e. The van der Waals surface area contributed by atoms with Gasteiger partial charge in [-0.1, -0.05) is 0 Å². The summed E-state index contributed by atoms with van der Waals surface area (Å²) in [5, 5.41) is 14.3. The molecule has 0 aliphatic heterocycles. The molecular formula is C13H20N2O3. The Bertz CT molecular complexity index is 427. The molecule has 0 atom stereocenters. The van der Waals surface area contributed by atoms with Gasteiger partial charge in [0.1, 0.15) is 12.1 Å². The Labute approximate surface area is 107 Å². The van der Waals surface area contributed by atoms with Crippen molar-refractivity contribution in [2.24, 2.45) is 0 Å². The molecule has 1 amide bonds. The highest BCUT2D eigenvalue weighted by atomic mass is 16.6. The summed E-state index contributed by atoms with van der Waals surface area (Å²) in [6.07, 6.45) is 0.960. The van der Waals surface area contributed by atoms with Crippen molar-refractivity contribution < 1.29 is 14.3 Å². The molecule has 0 fully saturated rings. The zero-order chi connectivity index (χ0) is 13.9. The molecule has 0 aliphatic carbocycles. The van der Waals surface area contributed by atoms with Crippen LogP contribution in [0, 0.1) is 19.1 Å². The molecular weight excluding hydrogens is 232 g/mol. The zero-order valence-electron chi connectivity index (χ0n) is 11.5. The van der Waals surface area contributed by atoms with Gasteiger partial charge >= 0.3 is 6.09 Å². The first-order valence-corrected chi connectivity index (χ1v) is 5.85. The Kier molecular flexibility index (Phi) is 4.16. The van der Waals surface area contributed by atoms with Crippen LogP contribution in [-0.4, -0.2) is 11.7 Å². The number of rotatable bonds is 2. The van der Waals surface area contributed by atoms with Gasteiger partial charge in [0.25, 0.3) is 0 Å². The number of aromatic nitrogens is 1. The summed E-state index contributed by atoms with van der Waals surface area (Å²) in [6, 6.07) is 1.90. The highest BCUT2D eigenvalue weighted by Crippen LogP contribution is 2.08. The monoisotopic (exact) mass is 252 g/mol. The summed E-state index contributed by atoms with van der Waals surface area (Å²) in [7, 11) is 0. The Morgan fingerprint density at radius 1 is 1.44 bits per heavy atom. The molecule has 1 N–H and O–H groups in total. The van der Waals surface area contributed by atoms with Crippen LogP contribution >= 0.6 is 0 Å². The lowest BCUT2D eigenvalue weighted by Crippen LogP contribution is -2.39. The highest BCUT2D eigenvalue weighted by molar-refractivity contribution is 5.67. The Hall–Kier alpha value is -1.78. The second-order valence-electron chi connectivity index (χ2n) is 5.33. The minimum Gasteiger partial charge on any atom is -0.618 e. The molecule has 5 heteroatoms. The number of hydrogen-bond donors (Lipinski definition) is 1. The number of carbonyl (C=O) groups excluding carboxylic acids is 1. The maximum absolute atomic E-state index is 11.7. The standard InChI is InChI=1S/C13H20N2O3/c1-9-6-10(2)11(15(17)8-9)7-14-12(16)18-13(3,4)5/h6,8H,7H2,1-5H3,(H,14,16). The first-order chi connectivity index (χ1) is 8.19. The molecule has 0 radical (unpaired) electrons. The predicted molar refractivity (Wildman–Crippen MR) is 67.9 cm³/mol. The van der Waals surface area contributed by atoms with Crippen LogP contribution in [0.2, 0.25) is 0 Å². The van der Waals surface area contributed by atoms with Gasteiger partial charge in [0.05, 0.1) is 0 Å². The molecule has 5 nitrogen and oxygen atoms in total. The quantitative estimate of drug-likeness (QED) is 0.646.